The van der Waals surface area contributed by atoms with E-state index in [-0.39, 0.29) is 21.5 Å². The van der Waals surface area contributed by atoms with E-state index < -0.39 is 21.4 Å². The van der Waals surface area contributed by atoms with Crippen molar-refractivity contribution < 1.29 is 12.6 Å². The Morgan fingerprint density at radius 3 is 2.07 bits per heavy atom. The monoisotopic (exact) mass is 408 g/mol. The van der Waals surface area contributed by atoms with E-state index in [1.165, 1.54) is 18.2 Å². The second kappa shape index (κ2) is 7.06. The molecule has 4 rings (SSSR count). The van der Waals surface area contributed by atoms with Crippen LogP contribution < -0.4 is 15.4 Å². The van der Waals surface area contributed by atoms with Crippen molar-refractivity contribution in [2.45, 2.75) is 11.8 Å². The minimum absolute atomic E-state index is 0.0454. The number of nitrogens with one attached hydrogen (secondary N) is 2. The zero-order chi connectivity index (χ0) is 20.6. The Balaban J connectivity index is 1.63. The zero-order valence-corrected chi connectivity index (χ0v) is 16.1. The average Bonchev–Trinajstić information content (AvgIpc) is 2.68. The fourth-order valence-electron chi connectivity index (χ4n) is 2.92. The zero-order valence-electron chi connectivity index (χ0n) is 15.3. The van der Waals surface area contributed by atoms with Crippen LogP contribution in [0, 0.1) is 6.92 Å². The van der Waals surface area contributed by atoms with Gasteiger partial charge in [0.25, 0.3) is 5.56 Å². The highest BCUT2D eigenvalue weighted by Crippen LogP contribution is 2.25. The van der Waals surface area contributed by atoms with Crippen molar-refractivity contribution in [1.82, 2.24) is 9.97 Å². The van der Waals surface area contributed by atoms with Crippen LogP contribution in [0.5, 0.6) is 5.75 Å². The normalized spacial score (nSPS) is 11.5. The Kier molecular flexibility index (Phi) is 4.56. The Hall–Kier alpha value is -3.65. The number of aromatic amines is 2. The molecule has 0 saturated heterocycles. The molecule has 0 radical (unpaired) electrons. The minimum atomic E-state index is -4.16. The van der Waals surface area contributed by atoms with E-state index in [4.69, 9.17) is 4.18 Å². The Labute approximate surface area is 165 Å². The maximum absolute atomic E-state index is 12.6. The van der Waals surface area contributed by atoms with Crippen molar-refractivity contribution in [3.63, 3.8) is 0 Å². The first kappa shape index (κ1) is 18.7. The molecule has 0 saturated carbocycles. The summed E-state index contributed by atoms with van der Waals surface area (Å²) in [6.07, 6.45) is 0. The molecule has 0 aliphatic heterocycles. The SMILES string of the molecule is Cc1ccc(-c2ccc(OS(=O)(=O)c3ccc4[nH]c(=O)[nH]c(=O)c4c3)cc2)cc1. The van der Waals surface area contributed by atoms with Crippen molar-refractivity contribution in [3.05, 3.63) is 93.1 Å². The summed E-state index contributed by atoms with van der Waals surface area (Å²) in [5, 5.41) is 0.0454. The average molecular weight is 408 g/mol. The molecule has 29 heavy (non-hydrogen) atoms. The highest BCUT2D eigenvalue weighted by atomic mass is 32.2. The van der Waals surface area contributed by atoms with Crippen LogP contribution in [0.1, 0.15) is 5.56 Å². The third kappa shape index (κ3) is 3.83. The van der Waals surface area contributed by atoms with Gasteiger partial charge in [-0.15, -0.1) is 0 Å². The molecule has 0 unspecified atom stereocenters. The van der Waals surface area contributed by atoms with Gasteiger partial charge in [-0.05, 0) is 48.4 Å². The molecular formula is C21H16N2O5S. The summed E-state index contributed by atoms with van der Waals surface area (Å²) in [6.45, 7) is 2.00. The molecule has 1 aromatic heterocycles. The first-order valence-corrected chi connectivity index (χ1v) is 10.1. The molecule has 0 spiro atoms. The van der Waals surface area contributed by atoms with Gasteiger partial charge in [-0.3, -0.25) is 9.78 Å². The molecule has 1 heterocycles. The maximum atomic E-state index is 12.6. The standard InChI is InChI=1S/C21H16N2O5S/c1-13-2-4-14(5-3-13)15-6-8-16(9-7-15)28-29(26,27)17-10-11-19-18(12-17)20(24)23-21(25)22-19/h2-12H,1H3,(H2,22,23,24,25). The van der Waals surface area contributed by atoms with Gasteiger partial charge in [0.15, 0.2) is 0 Å². The van der Waals surface area contributed by atoms with Gasteiger partial charge in [-0.2, -0.15) is 8.42 Å². The maximum Gasteiger partial charge on any atom is 0.339 e. The van der Waals surface area contributed by atoms with Gasteiger partial charge in [0.1, 0.15) is 10.6 Å². The van der Waals surface area contributed by atoms with E-state index in [1.807, 2.05) is 31.2 Å². The molecule has 0 bridgehead atoms. The number of fused-ring (bicyclic) bond motifs is 1. The van der Waals surface area contributed by atoms with Crippen LogP contribution in [0.25, 0.3) is 22.0 Å². The first-order chi connectivity index (χ1) is 13.8. The fraction of sp³-hybridized carbons (Fsp3) is 0.0476. The predicted molar refractivity (Wildman–Crippen MR) is 110 cm³/mol. The van der Waals surface area contributed by atoms with Crippen molar-refractivity contribution >= 4 is 21.0 Å². The molecule has 3 aromatic carbocycles. The molecule has 0 amide bonds. The number of benzene rings is 3. The molecule has 146 valence electrons. The molecule has 2 N–H and O–H groups in total. The lowest BCUT2D eigenvalue weighted by molar-refractivity contribution is 0.486. The van der Waals surface area contributed by atoms with E-state index in [0.29, 0.717) is 0 Å². The van der Waals surface area contributed by atoms with Crippen molar-refractivity contribution in [2.24, 2.45) is 0 Å². The topological polar surface area (TPSA) is 109 Å². The summed E-state index contributed by atoms with van der Waals surface area (Å²) in [5.74, 6) is 0.149. The van der Waals surface area contributed by atoms with Gasteiger partial charge in [-0.1, -0.05) is 42.0 Å². The summed E-state index contributed by atoms with van der Waals surface area (Å²) in [7, 11) is -4.16. The number of aryl methyl sites for hydroxylation is 1. The molecule has 7 nitrogen and oxygen atoms in total. The van der Waals surface area contributed by atoms with Gasteiger partial charge in [-0.25, -0.2) is 4.79 Å². The highest BCUT2D eigenvalue weighted by molar-refractivity contribution is 7.87. The Bertz CT molecular complexity index is 1420. The lowest BCUT2D eigenvalue weighted by Crippen LogP contribution is -2.22. The summed E-state index contributed by atoms with van der Waals surface area (Å²) in [5.41, 5.74) is 1.98. The van der Waals surface area contributed by atoms with Crippen LogP contribution in [0.3, 0.4) is 0 Å². The van der Waals surface area contributed by atoms with Gasteiger partial charge >= 0.3 is 15.8 Å². The van der Waals surface area contributed by atoms with Gasteiger partial charge in [0, 0.05) is 0 Å². The Morgan fingerprint density at radius 2 is 1.41 bits per heavy atom. The van der Waals surface area contributed by atoms with Crippen LogP contribution in [-0.2, 0) is 10.1 Å². The third-order valence-corrected chi connectivity index (χ3v) is 5.69. The first-order valence-electron chi connectivity index (χ1n) is 8.70. The molecule has 0 atom stereocenters. The van der Waals surface area contributed by atoms with E-state index in [0.717, 1.165) is 16.7 Å². The van der Waals surface area contributed by atoms with Gasteiger partial charge in [0.05, 0.1) is 10.9 Å². The summed E-state index contributed by atoms with van der Waals surface area (Å²) < 4.78 is 30.4. The highest BCUT2D eigenvalue weighted by Gasteiger charge is 2.18. The largest absolute Gasteiger partial charge is 0.379 e. The molecular weight excluding hydrogens is 392 g/mol. The van der Waals surface area contributed by atoms with E-state index in [9.17, 15) is 18.0 Å². The molecule has 0 aliphatic carbocycles. The van der Waals surface area contributed by atoms with Crippen LogP contribution in [0.4, 0.5) is 0 Å². The number of rotatable bonds is 4. The lowest BCUT2D eigenvalue weighted by atomic mass is 10.0. The molecule has 4 aromatic rings. The van der Waals surface area contributed by atoms with Crippen LogP contribution >= 0.6 is 0 Å². The van der Waals surface area contributed by atoms with Crippen LogP contribution in [0.15, 0.2) is 81.2 Å². The number of hydrogen-bond acceptors (Lipinski definition) is 5. The third-order valence-electron chi connectivity index (χ3n) is 4.44. The van der Waals surface area contributed by atoms with Gasteiger partial charge < -0.3 is 9.17 Å². The van der Waals surface area contributed by atoms with Crippen molar-refractivity contribution in [3.8, 4) is 16.9 Å². The fourth-order valence-corrected chi connectivity index (χ4v) is 3.88. The summed E-state index contributed by atoms with van der Waals surface area (Å²) in [6, 6.07) is 18.4. The van der Waals surface area contributed by atoms with E-state index in [1.54, 1.807) is 24.3 Å². The van der Waals surface area contributed by atoms with Crippen LogP contribution in [-0.4, -0.2) is 18.4 Å². The minimum Gasteiger partial charge on any atom is -0.379 e. The summed E-state index contributed by atoms with van der Waals surface area (Å²) >= 11 is 0. The smallest absolute Gasteiger partial charge is 0.339 e. The second-order valence-electron chi connectivity index (χ2n) is 6.54. The quantitative estimate of drug-likeness (QED) is 0.505. The van der Waals surface area contributed by atoms with Crippen LogP contribution in [0.2, 0.25) is 0 Å². The number of hydrogen-bond donors (Lipinski definition) is 2. The van der Waals surface area contributed by atoms with Gasteiger partial charge in [0.2, 0.25) is 0 Å². The molecule has 0 fully saturated rings. The Morgan fingerprint density at radius 1 is 0.793 bits per heavy atom. The number of H-pyrrole nitrogens is 2. The predicted octanol–water partition coefficient (Wildman–Crippen LogP) is 2.96. The second-order valence-corrected chi connectivity index (χ2v) is 8.09. The molecule has 0 aliphatic rings. The van der Waals surface area contributed by atoms with Crippen molar-refractivity contribution in [2.75, 3.05) is 0 Å². The summed E-state index contributed by atoms with van der Waals surface area (Å²) in [4.78, 5) is 27.6. The lowest BCUT2D eigenvalue weighted by Gasteiger charge is -2.09. The van der Waals surface area contributed by atoms with E-state index in [2.05, 4.69) is 9.97 Å². The van der Waals surface area contributed by atoms with E-state index >= 15 is 0 Å². The number of aromatic nitrogens is 2. The van der Waals surface area contributed by atoms with Crippen molar-refractivity contribution in [1.29, 1.82) is 0 Å². The molecule has 8 heteroatoms.